The third-order valence-corrected chi connectivity index (χ3v) is 9.58. The number of halogens is 1. The van der Waals surface area contributed by atoms with E-state index in [1.165, 1.54) is 0 Å². The minimum Gasteiger partial charge on any atom is -0.478 e. The Morgan fingerprint density at radius 3 is 2.67 bits per heavy atom. The monoisotopic (exact) mass is 601 g/mol. The molecule has 222 valence electrons. The molecule has 0 radical (unpaired) electrons. The third kappa shape index (κ3) is 4.51. The summed E-state index contributed by atoms with van der Waals surface area (Å²) >= 11 is 6.07. The van der Waals surface area contributed by atoms with Gasteiger partial charge in [0.05, 0.1) is 46.5 Å². The molecule has 0 unspecified atom stereocenters. The van der Waals surface area contributed by atoms with Gasteiger partial charge in [0.25, 0.3) is 5.79 Å². The van der Waals surface area contributed by atoms with Crippen LogP contribution in [-0.2, 0) is 23.6 Å². The number of nitrogens with zero attached hydrogens (tertiary/aromatic N) is 5. The number of hydrogen-bond acceptors (Lipinski definition) is 8. The SMILES string of the molecule is C[C@]1(c2ccc(Cl)cn2)Oc2cccc(N3CCN(Cc4nc5ccc(C(=O)O)cc5n4C[C@@H]4CCO4)[C@H]4CC[C@@H]43)c2O1. The van der Waals surface area contributed by atoms with Crippen molar-refractivity contribution in [2.45, 2.75) is 63.3 Å². The van der Waals surface area contributed by atoms with E-state index >= 15 is 0 Å². The van der Waals surface area contributed by atoms with E-state index < -0.39 is 11.8 Å². The number of carbonyl (C=O) groups is 1. The number of fused-ring (bicyclic) bond motifs is 3. The standard InChI is InChI=1S/C32H32ClN5O5/c1-32(28-10-6-20(33)16-34-28)42-27-4-2-3-25(30(27)43-32)37-13-12-36(23-8-9-24(23)37)18-29-35-22-7-5-19(31(39)40)15-26(22)38(29)17-21-11-14-41-21/h2-7,10,15-16,21,23-24H,8-9,11-14,17-18H2,1H3,(H,39,40)/t21-,23-,24-,32-/m0/s1. The molecule has 2 aromatic carbocycles. The fourth-order valence-electron chi connectivity index (χ4n) is 6.85. The van der Waals surface area contributed by atoms with Gasteiger partial charge in [-0.25, -0.2) is 9.78 Å². The van der Waals surface area contributed by atoms with Crippen LogP contribution in [0.25, 0.3) is 11.0 Å². The average Bonchev–Trinajstić information content (AvgIpc) is 3.48. The van der Waals surface area contributed by atoms with E-state index in [9.17, 15) is 9.90 Å². The molecule has 0 spiro atoms. The molecule has 1 N–H and O–H groups in total. The summed E-state index contributed by atoms with van der Waals surface area (Å²) in [6.45, 7) is 5.74. The Kier molecular flexibility index (Phi) is 6.29. The summed E-state index contributed by atoms with van der Waals surface area (Å²) < 4.78 is 20.8. The first-order valence-corrected chi connectivity index (χ1v) is 15.2. The van der Waals surface area contributed by atoms with Crippen molar-refractivity contribution in [1.82, 2.24) is 19.4 Å². The highest BCUT2D eigenvalue weighted by Gasteiger charge is 2.47. The number of carboxylic acids is 1. The zero-order valence-electron chi connectivity index (χ0n) is 23.8. The molecule has 0 bridgehead atoms. The quantitative estimate of drug-likeness (QED) is 0.311. The van der Waals surface area contributed by atoms with Gasteiger partial charge in [-0.3, -0.25) is 9.88 Å². The molecule has 4 aromatic rings. The maximum Gasteiger partial charge on any atom is 0.335 e. The van der Waals surface area contributed by atoms with Gasteiger partial charge in [0, 0.05) is 44.9 Å². The number of imidazole rings is 1. The number of aromatic carboxylic acids is 1. The van der Waals surface area contributed by atoms with Gasteiger partial charge >= 0.3 is 5.97 Å². The number of para-hydroxylation sites is 1. The number of hydrogen-bond donors (Lipinski definition) is 1. The molecule has 1 aliphatic carbocycles. The minimum absolute atomic E-state index is 0.133. The Morgan fingerprint density at radius 1 is 1.09 bits per heavy atom. The van der Waals surface area contributed by atoms with Crippen molar-refractivity contribution in [3.63, 3.8) is 0 Å². The first-order chi connectivity index (χ1) is 20.9. The number of piperazine rings is 1. The van der Waals surface area contributed by atoms with E-state index in [4.69, 9.17) is 30.8 Å². The summed E-state index contributed by atoms with van der Waals surface area (Å²) in [6, 6.07) is 15.6. The van der Waals surface area contributed by atoms with Gasteiger partial charge in [-0.15, -0.1) is 0 Å². The van der Waals surface area contributed by atoms with E-state index in [1.54, 1.807) is 24.4 Å². The molecule has 10 nitrogen and oxygen atoms in total. The molecule has 0 amide bonds. The summed E-state index contributed by atoms with van der Waals surface area (Å²) in [5.74, 6) is 0.444. The second kappa shape index (κ2) is 10.1. The number of carboxylic acid groups (broad SMARTS) is 1. The minimum atomic E-state index is -1.03. The largest absolute Gasteiger partial charge is 0.478 e. The fourth-order valence-corrected chi connectivity index (χ4v) is 6.96. The molecular formula is C32H32ClN5O5. The van der Waals surface area contributed by atoms with E-state index in [-0.39, 0.29) is 11.7 Å². The molecule has 5 heterocycles. The maximum absolute atomic E-state index is 11.7. The second-order valence-corrected chi connectivity index (χ2v) is 12.4. The molecule has 4 aliphatic rings. The predicted molar refractivity (Wildman–Crippen MR) is 160 cm³/mol. The lowest BCUT2D eigenvalue weighted by Crippen LogP contribution is -2.64. The highest BCUT2D eigenvalue weighted by molar-refractivity contribution is 6.30. The molecule has 2 aromatic heterocycles. The van der Waals surface area contributed by atoms with Crippen LogP contribution >= 0.6 is 11.6 Å². The highest BCUT2D eigenvalue weighted by Crippen LogP contribution is 2.51. The van der Waals surface area contributed by atoms with Crippen molar-refractivity contribution in [3.8, 4) is 11.5 Å². The molecule has 3 aliphatic heterocycles. The van der Waals surface area contributed by atoms with Gasteiger partial charge < -0.3 is 28.8 Å². The van der Waals surface area contributed by atoms with Gasteiger partial charge in [-0.2, -0.15) is 0 Å². The van der Waals surface area contributed by atoms with Gasteiger partial charge in [0.2, 0.25) is 0 Å². The smallest absolute Gasteiger partial charge is 0.335 e. The fraction of sp³-hybridized carbons (Fsp3) is 0.406. The van der Waals surface area contributed by atoms with Crippen LogP contribution in [0.4, 0.5) is 5.69 Å². The van der Waals surface area contributed by atoms with Crippen LogP contribution in [0.5, 0.6) is 11.5 Å². The van der Waals surface area contributed by atoms with E-state index in [0.717, 1.165) is 67.3 Å². The normalized spacial score (nSPS) is 26.2. The zero-order valence-corrected chi connectivity index (χ0v) is 24.5. The van der Waals surface area contributed by atoms with Crippen LogP contribution in [0.3, 0.4) is 0 Å². The van der Waals surface area contributed by atoms with Gasteiger partial charge in [0.15, 0.2) is 11.5 Å². The lowest BCUT2D eigenvalue weighted by Gasteiger charge is -2.54. The summed E-state index contributed by atoms with van der Waals surface area (Å²) in [5.41, 5.74) is 3.64. The first-order valence-electron chi connectivity index (χ1n) is 14.8. The van der Waals surface area contributed by atoms with Crippen molar-refractivity contribution in [1.29, 1.82) is 0 Å². The van der Waals surface area contributed by atoms with Crippen LogP contribution in [0.1, 0.15) is 48.1 Å². The van der Waals surface area contributed by atoms with E-state index in [2.05, 4.69) is 25.4 Å². The van der Waals surface area contributed by atoms with E-state index in [0.29, 0.717) is 41.6 Å². The number of rotatable bonds is 7. The Balaban J connectivity index is 1.05. The summed E-state index contributed by atoms with van der Waals surface area (Å²) in [7, 11) is 0. The molecule has 8 rings (SSSR count). The second-order valence-electron chi connectivity index (χ2n) is 11.9. The number of pyridine rings is 1. The van der Waals surface area contributed by atoms with Gasteiger partial charge in [-0.1, -0.05) is 17.7 Å². The predicted octanol–water partition coefficient (Wildman–Crippen LogP) is 5.07. The molecule has 4 atom stereocenters. The van der Waals surface area contributed by atoms with Crippen molar-refractivity contribution in [2.75, 3.05) is 24.6 Å². The molecule has 11 heteroatoms. The zero-order chi connectivity index (χ0) is 29.3. The first kappa shape index (κ1) is 26.7. The van der Waals surface area contributed by atoms with Gasteiger partial charge in [-0.05, 0) is 61.7 Å². The number of aromatic nitrogens is 3. The number of benzene rings is 2. The van der Waals surface area contributed by atoms with E-state index in [1.807, 2.05) is 31.2 Å². The molecule has 43 heavy (non-hydrogen) atoms. The average molecular weight is 602 g/mol. The topological polar surface area (TPSA) is 102 Å². The Bertz CT molecular complexity index is 1720. The molecular weight excluding hydrogens is 570 g/mol. The van der Waals surface area contributed by atoms with Crippen molar-refractivity contribution in [2.24, 2.45) is 0 Å². The lowest BCUT2D eigenvalue weighted by atomic mass is 9.81. The Labute approximate surface area is 253 Å². The van der Waals surface area contributed by atoms with Crippen molar-refractivity contribution < 1.29 is 24.1 Å². The molecule has 1 saturated carbocycles. The van der Waals surface area contributed by atoms with Crippen molar-refractivity contribution >= 4 is 34.3 Å². The third-order valence-electron chi connectivity index (χ3n) is 9.36. The molecule has 3 fully saturated rings. The number of anilines is 1. The Hall–Kier alpha value is -3.86. The van der Waals surface area contributed by atoms with Crippen LogP contribution in [0.2, 0.25) is 5.02 Å². The van der Waals surface area contributed by atoms with Crippen LogP contribution < -0.4 is 14.4 Å². The van der Waals surface area contributed by atoms with Crippen LogP contribution in [0, 0.1) is 0 Å². The van der Waals surface area contributed by atoms with Crippen LogP contribution in [-0.4, -0.2) is 68.4 Å². The Morgan fingerprint density at radius 2 is 1.95 bits per heavy atom. The summed E-state index contributed by atoms with van der Waals surface area (Å²) in [5, 5.41) is 10.2. The highest BCUT2D eigenvalue weighted by atomic mass is 35.5. The number of ether oxygens (including phenoxy) is 3. The van der Waals surface area contributed by atoms with Gasteiger partial charge in [0.1, 0.15) is 11.5 Å². The van der Waals surface area contributed by atoms with Crippen LogP contribution in [0.15, 0.2) is 54.7 Å². The maximum atomic E-state index is 11.7. The summed E-state index contributed by atoms with van der Waals surface area (Å²) in [4.78, 5) is 26.2. The van der Waals surface area contributed by atoms with Crippen molar-refractivity contribution in [3.05, 3.63) is 76.8 Å². The summed E-state index contributed by atoms with van der Waals surface area (Å²) in [6.07, 6.45) is 4.94. The lowest BCUT2D eigenvalue weighted by molar-refractivity contribution is -0.0717. The molecule has 2 saturated heterocycles.